The fourth-order valence-corrected chi connectivity index (χ4v) is 2.28. The highest BCUT2D eigenvalue weighted by Crippen LogP contribution is 2.44. The summed E-state index contributed by atoms with van der Waals surface area (Å²) in [5.74, 6) is -13.7. The van der Waals surface area contributed by atoms with E-state index in [9.17, 15) is 52.0 Å². The Morgan fingerprint density at radius 3 is 0.875 bits per heavy atom. The van der Waals surface area contributed by atoms with Crippen LogP contribution in [0.25, 0.3) is 0 Å². The largest absolute Gasteiger partial charge is 0.400 e. The van der Waals surface area contributed by atoms with Crippen molar-refractivity contribution in [3.05, 3.63) is 34.4 Å². The van der Waals surface area contributed by atoms with Gasteiger partial charge in [-0.05, 0) is 0 Å². The number of alkyl halides is 4. The van der Waals surface area contributed by atoms with Gasteiger partial charge in [0.1, 0.15) is 11.1 Å². The van der Waals surface area contributed by atoms with Crippen molar-refractivity contribution < 1.29 is 61.1 Å². The van der Waals surface area contributed by atoms with E-state index in [1.54, 1.807) is 0 Å². The Balaban J connectivity index is 4.05. The maximum absolute atomic E-state index is 13.4. The minimum atomic E-state index is -6.71. The third-order valence-electron chi connectivity index (χ3n) is 2.49. The van der Waals surface area contributed by atoms with Crippen molar-refractivity contribution in [1.82, 2.24) is 0 Å². The van der Waals surface area contributed by atoms with Gasteiger partial charge in [-0.3, -0.25) is 9.11 Å². The molecule has 0 spiro atoms. The predicted molar refractivity (Wildman–Crippen MR) is 57.2 cm³/mol. The van der Waals surface area contributed by atoms with Gasteiger partial charge in [-0.2, -0.15) is 34.4 Å². The quantitative estimate of drug-likeness (QED) is 0.447. The molecule has 1 rings (SSSR count). The van der Waals surface area contributed by atoms with Gasteiger partial charge in [0, 0.05) is 0 Å². The van der Waals surface area contributed by atoms with Gasteiger partial charge in [0.05, 0.1) is 0 Å². The van der Waals surface area contributed by atoms with Crippen molar-refractivity contribution in [2.75, 3.05) is 0 Å². The minimum Gasteiger partial charge on any atom is -0.281 e. The Labute approximate surface area is 127 Å². The average molecular weight is 410 g/mol. The normalized spacial score (nSPS) is 14.1. The highest BCUT2D eigenvalue weighted by molar-refractivity contribution is 7.86. The number of hydrogen-bond donors (Lipinski definition) is 2. The van der Waals surface area contributed by atoms with Gasteiger partial charge in [-0.25, -0.2) is 17.6 Å². The highest BCUT2D eigenvalue weighted by Gasteiger charge is 2.57. The van der Waals surface area contributed by atoms with Crippen molar-refractivity contribution in [1.29, 1.82) is 0 Å². The molecule has 24 heavy (non-hydrogen) atoms. The summed E-state index contributed by atoms with van der Waals surface area (Å²) in [4.78, 5) is 0. The lowest BCUT2D eigenvalue weighted by Crippen LogP contribution is -2.33. The van der Waals surface area contributed by atoms with E-state index in [2.05, 4.69) is 0 Å². The predicted octanol–water partition coefficient (Wildman–Crippen LogP) is 2.12. The molecule has 0 atom stereocenters. The lowest BCUT2D eigenvalue weighted by Gasteiger charge is -2.20. The second kappa shape index (κ2) is 5.50. The monoisotopic (exact) mass is 410 g/mol. The van der Waals surface area contributed by atoms with E-state index < -0.39 is 65.1 Å². The molecule has 6 nitrogen and oxygen atoms in total. The molecule has 0 amide bonds. The van der Waals surface area contributed by atoms with Crippen LogP contribution in [0.15, 0.2) is 0 Å². The van der Waals surface area contributed by atoms with E-state index in [0.29, 0.717) is 0 Å². The summed E-state index contributed by atoms with van der Waals surface area (Å²) >= 11 is 0. The molecule has 1 aromatic carbocycles. The lowest BCUT2D eigenvalue weighted by molar-refractivity contribution is 0.0586. The molecule has 0 bridgehead atoms. The molecule has 138 valence electrons. The number of benzene rings is 1. The number of rotatable bonds is 4. The molecule has 0 aromatic heterocycles. The molecule has 0 unspecified atom stereocenters. The lowest BCUT2D eigenvalue weighted by atomic mass is 10.1. The molecule has 0 saturated carbocycles. The van der Waals surface area contributed by atoms with E-state index in [4.69, 9.17) is 9.11 Å². The van der Waals surface area contributed by atoms with Gasteiger partial charge >= 0.3 is 30.7 Å². The molecule has 0 radical (unpaired) electrons. The SMILES string of the molecule is O=S(=O)(O)C(F)(F)c1c(F)c(F)c(C(F)(F)S(=O)(=O)O)c(F)c1F. The zero-order valence-electron chi connectivity index (χ0n) is 10.4. The molecule has 1 aromatic rings. The second-order valence-corrected chi connectivity index (χ2v) is 6.92. The third-order valence-corrected chi connectivity index (χ3v) is 4.20. The second-order valence-electron chi connectivity index (χ2n) is 3.99. The van der Waals surface area contributed by atoms with Crippen molar-refractivity contribution in [2.45, 2.75) is 10.5 Å². The number of halogens is 8. The molecule has 0 heterocycles. The summed E-state index contributed by atoms with van der Waals surface area (Å²) < 4.78 is 164. The van der Waals surface area contributed by atoms with E-state index in [-0.39, 0.29) is 0 Å². The van der Waals surface area contributed by atoms with Gasteiger partial charge in [0.2, 0.25) is 0 Å². The summed E-state index contributed by atoms with van der Waals surface area (Å²) in [7, 11) is -13.4. The first-order chi connectivity index (χ1) is 10.4. The van der Waals surface area contributed by atoms with Gasteiger partial charge < -0.3 is 0 Å². The molecular weight excluding hydrogens is 408 g/mol. The molecule has 16 heteroatoms. The maximum atomic E-state index is 13.4. The topological polar surface area (TPSA) is 109 Å². The van der Waals surface area contributed by atoms with Gasteiger partial charge in [0.25, 0.3) is 0 Å². The molecule has 0 aliphatic rings. The van der Waals surface area contributed by atoms with Gasteiger partial charge in [0.15, 0.2) is 23.3 Å². The third kappa shape index (κ3) is 2.82. The first-order valence-corrected chi connectivity index (χ1v) is 7.83. The van der Waals surface area contributed by atoms with Crippen LogP contribution in [-0.4, -0.2) is 25.9 Å². The molecule has 0 aliphatic heterocycles. The van der Waals surface area contributed by atoms with Crippen LogP contribution < -0.4 is 0 Å². The van der Waals surface area contributed by atoms with E-state index >= 15 is 0 Å². The summed E-state index contributed by atoms with van der Waals surface area (Å²) in [6, 6.07) is 0. The van der Waals surface area contributed by atoms with Crippen LogP contribution in [0.4, 0.5) is 35.1 Å². The Hall–Kier alpha value is -1.52. The Bertz CT molecular complexity index is 803. The fraction of sp³-hybridized carbons (Fsp3) is 0.250. The fourth-order valence-electron chi connectivity index (χ4n) is 1.40. The molecule has 0 aliphatic carbocycles. The first-order valence-electron chi connectivity index (χ1n) is 4.95. The van der Waals surface area contributed by atoms with E-state index in [1.807, 2.05) is 0 Å². The van der Waals surface area contributed by atoms with Crippen molar-refractivity contribution in [3.63, 3.8) is 0 Å². The highest BCUT2D eigenvalue weighted by atomic mass is 32.2. The zero-order chi connectivity index (χ0) is 19.5. The van der Waals surface area contributed by atoms with E-state index in [1.165, 1.54) is 0 Å². The standard InChI is InChI=1S/C8H2F8O6S2/c9-3-1(7(13,14)23(17,18)19)4(10)6(12)2(5(3)11)8(15,16)24(20,21)22/h(H,17,18,19)(H,20,21,22). The van der Waals surface area contributed by atoms with Crippen LogP contribution in [0.3, 0.4) is 0 Å². The average Bonchev–Trinajstić information content (AvgIpc) is 2.33. The van der Waals surface area contributed by atoms with Crippen molar-refractivity contribution in [3.8, 4) is 0 Å². The maximum Gasteiger partial charge on any atom is 0.400 e. The van der Waals surface area contributed by atoms with Crippen LogP contribution in [0.5, 0.6) is 0 Å². The van der Waals surface area contributed by atoms with Crippen LogP contribution in [0, 0.1) is 23.3 Å². The molecular formula is C8H2F8O6S2. The van der Waals surface area contributed by atoms with Crippen molar-refractivity contribution >= 4 is 20.2 Å². The Kier molecular flexibility index (Phi) is 4.70. The van der Waals surface area contributed by atoms with E-state index in [0.717, 1.165) is 0 Å². The summed E-state index contributed by atoms with van der Waals surface area (Å²) in [5.41, 5.74) is -6.62. The van der Waals surface area contributed by atoms with Crippen LogP contribution in [0.2, 0.25) is 0 Å². The summed E-state index contributed by atoms with van der Waals surface area (Å²) in [5, 5.41) is -12.0. The Morgan fingerprint density at radius 1 is 0.583 bits per heavy atom. The molecule has 0 fully saturated rings. The minimum absolute atomic E-state index is 3.31. The summed E-state index contributed by atoms with van der Waals surface area (Å²) in [6.45, 7) is 0. The Morgan fingerprint density at radius 2 is 0.750 bits per heavy atom. The molecule has 2 N–H and O–H groups in total. The number of hydrogen-bond acceptors (Lipinski definition) is 4. The van der Waals surface area contributed by atoms with Gasteiger partial charge in [-0.1, -0.05) is 0 Å². The van der Waals surface area contributed by atoms with Crippen LogP contribution in [0.1, 0.15) is 11.1 Å². The summed E-state index contributed by atoms with van der Waals surface area (Å²) in [6.07, 6.45) is 0. The van der Waals surface area contributed by atoms with Crippen LogP contribution >= 0.6 is 0 Å². The van der Waals surface area contributed by atoms with Gasteiger partial charge in [-0.15, -0.1) is 0 Å². The smallest absolute Gasteiger partial charge is 0.281 e. The molecule has 0 saturated heterocycles. The zero-order valence-corrected chi connectivity index (χ0v) is 12.0. The van der Waals surface area contributed by atoms with Crippen LogP contribution in [-0.2, 0) is 30.7 Å². The first kappa shape index (κ1) is 20.5. The van der Waals surface area contributed by atoms with Crippen molar-refractivity contribution in [2.24, 2.45) is 0 Å².